The summed E-state index contributed by atoms with van der Waals surface area (Å²) in [7, 11) is 0. The van der Waals surface area contributed by atoms with Crippen molar-refractivity contribution in [3.63, 3.8) is 0 Å². The van der Waals surface area contributed by atoms with Crippen molar-refractivity contribution in [2.24, 2.45) is 0 Å². The van der Waals surface area contributed by atoms with Crippen molar-refractivity contribution in [1.29, 1.82) is 0 Å². The molecule has 11 heavy (non-hydrogen) atoms. The molecule has 1 aromatic heterocycles. The number of rotatable bonds is 0. The minimum absolute atomic E-state index is 1.11. The molecule has 3 N–H and O–H groups in total. The van der Waals surface area contributed by atoms with E-state index in [-0.39, 0.29) is 0 Å². The van der Waals surface area contributed by atoms with Gasteiger partial charge in [-0.1, -0.05) is 0 Å². The van der Waals surface area contributed by atoms with E-state index in [1.807, 2.05) is 0 Å². The van der Waals surface area contributed by atoms with Gasteiger partial charge in [0, 0.05) is 0 Å². The van der Waals surface area contributed by atoms with Crippen LogP contribution in [-0.2, 0) is 0 Å². The maximum absolute atomic E-state index is 12.3. The monoisotopic (exact) mass is 164 g/mol. The Labute approximate surface area is 58.6 Å². The predicted molar refractivity (Wildman–Crippen MR) is 31.3 cm³/mol. The lowest BCUT2D eigenvalue weighted by Gasteiger charge is -1.96. The lowest BCUT2D eigenvalue weighted by atomic mass is 10.4. The summed E-state index contributed by atoms with van der Waals surface area (Å²) in [4.78, 5) is 11.6. The van der Waals surface area contributed by atoms with E-state index in [4.69, 9.17) is 0 Å². The van der Waals surface area contributed by atoms with Gasteiger partial charge in [-0.2, -0.15) is 13.2 Å². The third-order valence-electron chi connectivity index (χ3n) is 1.09. The minimum atomic E-state index is -1.58. The number of anilines is 1. The Morgan fingerprint density at radius 1 is 1.18 bits per heavy atom. The second-order valence-corrected chi connectivity index (χ2v) is 1.81. The van der Waals surface area contributed by atoms with Crippen molar-refractivity contribution in [2.45, 2.75) is 0 Å². The fourth-order valence-corrected chi connectivity index (χ4v) is 0.546. The largest absolute Gasteiger partial charge is 0.394 e. The maximum atomic E-state index is 12.3. The molecule has 0 amide bonds. The summed E-state index contributed by atoms with van der Waals surface area (Å²) < 4.78 is 36.7. The van der Waals surface area contributed by atoms with Gasteiger partial charge < -0.3 is 5.73 Å². The summed E-state index contributed by atoms with van der Waals surface area (Å²) in [6, 6.07) is 0. The van der Waals surface area contributed by atoms with E-state index in [0.29, 0.717) is 0 Å². The summed E-state index contributed by atoms with van der Waals surface area (Å²) in [5.41, 5.74) is 2.19. The van der Waals surface area contributed by atoms with E-state index in [1.165, 1.54) is 4.98 Å². The predicted octanol–water partition coefficient (Wildman–Crippen LogP) is 0.374. The van der Waals surface area contributed by atoms with Gasteiger partial charge >= 0.3 is 0 Å². The van der Waals surface area contributed by atoms with Gasteiger partial charge in [0.15, 0.2) is 0 Å². The number of nitrogen functional groups attached to an aromatic ring is 1. The number of hydrogen-bond donors (Lipinski definition) is 2. The van der Waals surface area contributed by atoms with E-state index in [2.05, 4.69) is 5.73 Å². The first kappa shape index (κ1) is 7.64. The summed E-state index contributed by atoms with van der Waals surface area (Å²) in [6.45, 7) is 0. The van der Waals surface area contributed by atoms with Crippen LogP contribution in [0.3, 0.4) is 0 Å². The van der Waals surface area contributed by atoms with Crippen LogP contribution in [0.5, 0.6) is 0 Å². The normalized spacial score (nSPS) is 10.1. The molecule has 0 radical (unpaired) electrons. The molecule has 0 aromatic carbocycles. The fourth-order valence-electron chi connectivity index (χ4n) is 0.546. The van der Waals surface area contributed by atoms with Crippen molar-refractivity contribution >= 4 is 5.69 Å². The molecule has 6 heteroatoms. The lowest BCUT2D eigenvalue weighted by Crippen LogP contribution is -2.17. The van der Waals surface area contributed by atoms with Crippen molar-refractivity contribution in [2.75, 3.05) is 5.73 Å². The number of nitrogens with one attached hydrogen (secondary N) is 1. The number of hydrogen-bond acceptors (Lipinski definition) is 2. The van der Waals surface area contributed by atoms with Crippen LogP contribution in [0.1, 0.15) is 0 Å². The molecule has 1 heterocycles. The highest BCUT2D eigenvalue weighted by atomic mass is 19.2. The molecule has 3 nitrogen and oxygen atoms in total. The number of nitrogens with two attached hydrogens (primary N) is 1. The highest BCUT2D eigenvalue weighted by Gasteiger charge is 2.14. The van der Waals surface area contributed by atoms with Crippen LogP contribution in [0.4, 0.5) is 18.9 Å². The van der Waals surface area contributed by atoms with Crippen LogP contribution in [0.15, 0.2) is 4.79 Å². The van der Waals surface area contributed by atoms with E-state index >= 15 is 0 Å². The van der Waals surface area contributed by atoms with Crippen molar-refractivity contribution < 1.29 is 13.2 Å². The molecular weight excluding hydrogens is 161 g/mol. The molecule has 0 saturated carbocycles. The van der Waals surface area contributed by atoms with Crippen LogP contribution in [0.2, 0.25) is 0 Å². The number of aromatic nitrogens is 1. The van der Waals surface area contributed by atoms with Crippen LogP contribution in [0.25, 0.3) is 0 Å². The summed E-state index contributed by atoms with van der Waals surface area (Å²) in [5.74, 6) is -4.65. The Kier molecular flexibility index (Phi) is 1.60. The van der Waals surface area contributed by atoms with E-state index in [9.17, 15) is 18.0 Å². The minimum Gasteiger partial charge on any atom is -0.394 e. The molecule has 1 rings (SSSR count). The Bertz CT molecular complexity index is 346. The molecule has 0 bridgehead atoms. The third kappa shape index (κ3) is 1.06. The number of aromatic amines is 1. The van der Waals surface area contributed by atoms with Crippen LogP contribution >= 0.6 is 0 Å². The van der Waals surface area contributed by atoms with Crippen LogP contribution in [0, 0.1) is 17.6 Å². The molecule has 0 aliphatic heterocycles. The molecule has 0 atom stereocenters. The molecule has 60 valence electrons. The van der Waals surface area contributed by atoms with Gasteiger partial charge in [-0.3, -0.25) is 9.78 Å². The SMILES string of the molecule is Nc1c(F)c(F)[nH]c(=O)c1F. The smallest absolute Gasteiger partial charge is 0.288 e. The van der Waals surface area contributed by atoms with Crippen LogP contribution < -0.4 is 11.3 Å². The van der Waals surface area contributed by atoms with Gasteiger partial charge in [0.05, 0.1) is 0 Å². The molecule has 0 fully saturated rings. The summed E-state index contributed by atoms with van der Waals surface area (Å²) >= 11 is 0. The Hall–Kier alpha value is -1.46. The van der Waals surface area contributed by atoms with Gasteiger partial charge in [-0.05, 0) is 0 Å². The Balaban J connectivity index is 3.59. The zero-order valence-corrected chi connectivity index (χ0v) is 5.12. The molecule has 0 spiro atoms. The highest BCUT2D eigenvalue weighted by molar-refractivity contribution is 5.38. The first-order chi connectivity index (χ1) is 5.04. The molecule has 0 saturated heterocycles. The highest BCUT2D eigenvalue weighted by Crippen LogP contribution is 2.11. The van der Waals surface area contributed by atoms with Gasteiger partial charge in [0.25, 0.3) is 5.56 Å². The lowest BCUT2D eigenvalue weighted by molar-refractivity contribution is 0.463. The summed E-state index contributed by atoms with van der Waals surface area (Å²) in [6.07, 6.45) is 0. The molecule has 1 aromatic rings. The van der Waals surface area contributed by atoms with E-state index in [1.54, 1.807) is 0 Å². The molecule has 0 aliphatic carbocycles. The topological polar surface area (TPSA) is 58.9 Å². The molecular formula is C5H3F3N2O. The van der Waals surface area contributed by atoms with Gasteiger partial charge in [0.1, 0.15) is 5.69 Å². The average molecular weight is 164 g/mol. The summed E-state index contributed by atoms with van der Waals surface area (Å²) in [5, 5.41) is 0. The zero-order valence-electron chi connectivity index (χ0n) is 5.12. The molecule has 0 unspecified atom stereocenters. The Morgan fingerprint density at radius 3 is 2.27 bits per heavy atom. The first-order valence-electron chi connectivity index (χ1n) is 2.56. The quantitative estimate of drug-likeness (QED) is 0.544. The van der Waals surface area contributed by atoms with Crippen molar-refractivity contribution in [3.8, 4) is 0 Å². The maximum Gasteiger partial charge on any atom is 0.288 e. The second kappa shape index (κ2) is 2.30. The Morgan fingerprint density at radius 2 is 1.73 bits per heavy atom. The van der Waals surface area contributed by atoms with Crippen molar-refractivity contribution in [1.82, 2.24) is 4.98 Å². The van der Waals surface area contributed by atoms with Gasteiger partial charge in [-0.15, -0.1) is 0 Å². The fraction of sp³-hybridized carbons (Fsp3) is 0. The van der Waals surface area contributed by atoms with Gasteiger partial charge in [-0.25, -0.2) is 0 Å². The van der Waals surface area contributed by atoms with Crippen LogP contribution in [-0.4, -0.2) is 4.98 Å². The zero-order chi connectivity index (χ0) is 8.59. The average Bonchev–Trinajstić information content (AvgIpc) is 1.97. The molecule has 0 aliphatic rings. The second-order valence-electron chi connectivity index (χ2n) is 1.81. The van der Waals surface area contributed by atoms with Gasteiger partial charge in [0.2, 0.25) is 17.6 Å². The standard InChI is InChI=1S/C5H3F3N2O/c6-1-3(9)2(7)5(11)10-4(1)8/h(H3,9,10,11). The number of H-pyrrole nitrogens is 1. The van der Waals surface area contributed by atoms with E-state index in [0.717, 1.165) is 0 Å². The third-order valence-corrected chi connectivity index (χ3v) is 1.09. The number of halogens is 3. The first-order valence-corrected chi connectivity index (χ1v) is 2.56. The van der Waals surface area contributed by atoms with Crippen molar-refractivity contribution in [3.05, 3.63) is 27.9 Å². The number of pyridine rings is 1. The van der Waals surface area contributed by atoms with E-state index < -0.39 is 28.8 Å².